The number of amides is 1. The first kappa shape index (κ1) is 19.8. The molecule has 1 aromatic carbocycles. The quantitative estimate of drug-likeness (QED) is 0.426. The number of hydrogen-bond donors (Lipinski definition) is 0. The summed E-state index contributed by atoms with van der Waals surface area (Å²) in [5.41, 5.74) is 1.25. The van der Waals surface area contributed by atoms with E-state index in [-0.39, 0.29) is 11.6 Å². The van der Waals surface area contributed by atoms with E-state index in [0.717, 1.165) is 15.6 Å². The van der Waals surface area contributed by atoms with Gasteiger partial charge in [0.25, 0.3) is 11.6 Å². The third-order valence-corrected chi connectivity index (χ3v) is 7.18. The van der Waals surface area contributed by atoms with Crippen molar-refractivity contribution in [3.05, 3.63) is 61.4 Å². The van der Waals surface area contributed by atoms with E-state index in [1.54, 1.807) is 28.4 Å². The number of aromatic nitrogens is 1. The molecule has 7 nitrogen and oxygen atoms in total. The maximum Gasteiger partial charge on any atom is 0.294 e. The molecule has 29 heavy (non-hydrogen) atoms. The Morgan fingerprint density at radius 3 is 2.66 bits per heavy atom. The van der Waals surface area contributed by atoms with E-state index in [9.17, 15) is 14.9 Å². The van der Waals surface area contributed by atoms with Crippen LogP contribution in [0.3, 0.4) is 0 Å². The zero-order chi connectivity index (χ0) is 20.5. The Kier molecular flexibility index (Phi) is 5.53. The normalized spacial score (nSPS) is 14.3. The number of rotatable bonds is 4. The first-order valence-corrected chi connectivity index (χ1v) is 11.0. The van der Waals surface area contributed by atoms with Crippen molar-refractivity contribution in [1.82, 2.24) is 9.88 Å². The number of thiazole rings is 1. The summed E-state index contributed by atoms with van der Waals surface area (Å²) in [7, 11) is 0. The van der Waals surface area contributed by atoms with Crippen molar-refractivity contribution in [3.8, 4) is 9.88 Å². The number of piperazine rings is 1. The fraction of sp³-hybridized carbons (Fsp3) is 0.263. The molecule has 3 heterocycles. The molecule has 0 unspecified atom stereocenters. The van der Waals surface area contributed by atoms with Crippen molar-refractivity contribution < 1.29 is 9.72 Å². The minimum Gasteiger partial charge on any atom is -0.362 e. The maximum atomic E-state index is 13.0. The fourth-order valence-electron chi connectivity index (χ4n) is 3.30. The summed E-state index contributed by atoms with van der Waals surface area (Å²) in [5, 5.41) is 14.5. The highest BCUT2D eigenvalue weighted by Gasteiger charge is 2.28. The molecule has 1 amide bonds. The van der Waals surface area contributed by atoms with E-state index in [4.69, 9.17) is 11.6 Å². The van der Waals surface area contributed by atoms with Crippen LogP contribution in [0.1, 0.15) is 15.4 Å². The number of benzene rings is 1. The molecule has 0 atom stereocenters. The van der Waals surface area contributed by atoms with Crippen LogP contribution in [0.15, 0.2) is 35.7 Å². The molecule has 0 N–H and O–H groups in total. The molecule has 2 aromatic heterocycles. The molecule has 0 radical (unpaired) electrons. The number of halogens is 1. The van der Waals surface area contributed by atoms with Crippen molar-refractivity contribution >= 4 is 51.6 Å². The van der Waals surface area contributed by atoms with Crippen LogP contribution in [0.25, 0.3) is 9.88 Å². The monoisotopic (exact) mass is 448 g/mol. The van der Waals surface area contributed by atoms with E-state index >= 15 is 0 Å². The lowest BCUT2D eigenvalue weighted by Crippen LogP contribution is -2.48. The highest BCUT2D eigenvalue weighted by molar-refractivity contribution is 7.22. The molecular weight excluding hydrogens is 432 g/mol. The number of thiophene rings is 1. The average molecular weight is 449 g/mol. The molecule has 1 fully saturated rings. The summed E-state index contributed by atoms with van der Waals surface area (Å²) in [4.78, 5) is 33.9. The number of carbonyl (C=O) groups excluding carboxylic acids is 1. The van der Waals surface area contributed by atoms with Crippen LogP contribution in [0.2, 0.25) is 5.02 Å². The highest BCUT2D eigenvalue weighted by Crippen LogP contribution is 2.33. The van der Waals surface area contributed by atoms with Gasteiger partial charge in [0.05, 0.1) is 15.5 Å². The molecule has 4 rings (SSSR count). The van der Waals surface area contributed by atoms with Crippen LogP contribution in [0.5, 0.6) is 0 Å². The molecule has 3 aromatic rings. The minimum absolute atomic E-state index is 0.0174. The number of anilines is 1. The van der Waals surface area contributed by atoms with Gasteiger partial charge in [-0.3, -0.25) is 14.9 Å². The lowest BCUT2D eigenvalue weighted by molar-refractivity contribution is -0.384. The Hall–Kier alpha value is -2.49. The third-order valence-electron chi connectivity index (χ3n) is 4.76. The molecular formula is C19H17ClN4O3S2. The van der Waals surface area contributed by atoms with Crippen LogP contribution in [0.4, 0.5) is 11.4 Å². The second-order valence-electron chi connectivity index (χ2n) is 6.58. The SMILES string of the molecule is Cc1nc(-c2cccs2)sc1C(=O)N1CCN(c2ccc(Cl)cc2[N+](=O)[O-])CC1. The van der Waals surface area contributed by atoms with E-state index in [0.29, 0.717) is 41.8 Å². The molecule has 0 saturated carbocycles. The van der Waals surface area contributed by atoms with Gasteiger partial charge >= 0.3 is 0 Å². The van der Waals surface area contributed by atoms with Crippen molar-refractivity contribution in [2.24, 2.45) is 0 Å². The summed E-state index contributed by atoms with van der Waals surface area (Å²) >= 11 is 8.92. The topological polar surface area (TPSA) is 79.6 Å². The van der Waals surface area contributed by atoms with Gasteiger partial charge in [0.1, 0.15) is 15.6 Å². The highest BCUT2D eigenvalue weighted by atomic mass is 35.5. The Labute approximate surface area is 180 Å². The summed E-state index contributed by atoms with van der Waals surface area (Å²) in [6, 6.07) is 8.64. The Balaban J connectivity index is 1.48. The number of nitro groups is 1. The van der Waals surface area contributed by atoms with Crippen LogP contribution >= 0.6 is 34.3 Å². The summed E-state index contributed by atoms with van der Waals surface area (Å²) in [5.74, 6) is -0.0342. The van der Waals surface area contributed by atoms with Gasteiger partial charge in [0.15, 0.2) is 0 Å². The molecule has 0 spiro atoms. The van der Waals surface area contributed by atoms with Crippen LogP contribution in [-0.2, 0) is 0 Å². The predicted molar refractivity (Wildman–Crippen MR) is 116 cm³/mol. The van der Waals surface area contributed by atoms with Crippen molar-refractivity contribution in [2.75, 3.05) is 31.1 Å². The molecule has 1 aliphatic heterocycles. The number of aryl methyl sites for hydroxylation is 1. The smallest absolute Gasteiger partial charge is 0.294 e. The van der Waals surface area contributed by atoms with E-state index in [2.05, 4.69) is 4.98 Å². The molecule has 1 saturated heterocycles. The van der Waals surface area contributed by atoms with Gasteiger partial charge in [0.2, 0.25) is 0 Å². The van der Waals surface area contributed by atoms with Crippen LogP contribution < -0.4 is 4.90 Å². The standard InChI is InChI=1S/C19H17ClN4O3S2/c1-12-17(29-18(21-12)16-3-2-10-28-16)19(25)23-8-6-22(7-9-23)14-5-4-13(20)11-15(14)24(26)27/h2-5,10-11H,6-9H2,1H3. The van der Waals surface area contributed by atoms with Crippen LogP contribution in [-0.4, -0.2) is 46.9 Å². The van der Waals surface area contributed by atoms with Gasteiger partial charge in [-0.1, -0.05) is 17.7 Å². The lowest BCUT2D eigenvalue weighted by Gasteiger charge is -2.35. The van der Waals surface area contributed by atoms with Gasteiger partial charge < -0.3 is 9.80 Å². The van der Waals surface area contributed by atoms with Gasteiger partial charge in [0, 0.05) is 37.3 Å². The molecule has 150 valence electrons. The van der Waals surface area contributed by atoms with Crippen molar-refractivity contribution in [2.45, 2.75) is 6.92 Å². The third kappa shape index (κ3) is 3.98. The number of nitro benzene ring substituents is 1. The Bertz CT molecular complexity index is 1060. The van der Waals surface area contributed by atoms with E-state index in [1.165, 1.54) is 17.4 Å². The maximum absolute atomic E-state index is 13.0. The number of nitrogens with zero attached hydrogens (tertiary/aromatic N) is 4. The molecule has 0 bridgehead atoms. The molecule has 1 aliphatic rings. The lowest BCUT2D eigenvalue weighted by atomic mass is 10.2. The van der Waals surface area contributed by atoms with E-state index < -0.39 is 4.92 Å². The van der Waals surface area contributed by atoms with Gasteiger partial charge in [-0.05, 0) is 30.5 Å². The predicted octanol–water partition coefficient (Wildman–Crippen LogP) is 4.70. The Morgan fingerprint density at radius 2 is 2.00 bits per heavy atom. The molecule has 10 heteroatoms. The largest absolute Gasteiger partial charge is 0.362 e. The number of carbonyl (C=O) groups is 1. The fourth-order valence-corrected chi connectivity index (χ4v) is 5.30. The van der Waals surface area contributed by atoms with Gasteiger partial charge in [-0.2, -0.15) is 0 Å². The van der Waals surface area contributed by atoms with Crippen molar-refractivity contribution in [1.29, 1.82) is 0 Å². The number of hydrogen-bond acceptors (Lipinski definition) is 7. The summed E-state index contributed by atoms with van der Waals surface area (Å²) < 4.78 is 0. The Morgan fingerprint density at radius 1 is 1.24 bits per heavy atom. The van der Waals surface area contributed by atoms with Gasteiger partial charge in [-0.15, -0.1) is 22.7 Å². The van der Waals surface area contributed by atoms with Crippen LogP contribution in [0, 0.1) is 17.0 Å². The zero-order valence-corrected chi connectivity index (χ0v) is 17.9. The average Bonchev–Trinajstić information content (AvgIpc) is 3.37. The second-order valence-corrected chi connectivity index (χ2v) is 8.96. The van der Waals surface area contributed by atoms with Crippen molar-refractivity contribution in [3.63, 3.8) is 0 Å². The molecule has 0 aliphatic carbocycles. The first-order chi connectivity index (χ1) is 13.9. The second kappa shape index (κ2) is 8.10. The zero-order valence-electron chi connectivity index (χ0n) is 15.5. The first-order valence-electron chi connectivity index (χ1n) is 8.93. The summed E-state index contributed by atoms with van der Waals surface area (Å²) in [6.07, 6.45) is 0. The summed E-state index contributed by atoms with van der Waals surface area (Å²) in [6.45, 7) is 3.87. The van der Waals surface area contributed by atoms with Gasteiger partial charge in [-0.25, -0.2) is 4.98 Å². The van der Waals surface area contributed by atoms with E-state index in [1.807, 2.05) is 29.3 Å². The minimum atomic E-state index is -0.425.